The number of hydrogen-bond acceptors (Lipinski definition) is 33. The molecule has 0 aromatic heterocycles. The van der Waals surface area contributed by atoms with E-state index in [0.29, 0.717) is 6.42 Å². The molecular formula is C83H148N20O26S6. The first-order chi connectivity index (χ1) is 62.4. The van der Waals surface area contributed by atoms with E-state index in [1.165, 1.54) is 164 Å². The number of aliphatic carboxylic acids is 1. The minimum Gasteiger partial charge on any atom is -0.480 e. The van der Waals surface area contributed by atoms with Crippen molar-refractivity contribution < 1.29 is 125 Å². The van der Waals surface area contributed by atoms with Crippen LogP contribution in [-0.2, 0) is 100 Å². The van der Waals surface area contributed by atoms with Gasteiger partial charge in [-0.2, -0.15) is 47.0 Å². The van der Waals surface area contributed by atoms with Crippen molar-refractivity contribution in [2.75, 3.05) is 204 Å². The summed E-state index contributed by atoms with van der Waals surface area (Å²) < 4.78 is 25.9. The van der Waals surface area contributed by atoms with Crippen LogP contribution in [0.1, 0.15) is 110 Å². The predicted molar refractivity (Wildman–Crippen MR) is 519 cm³/mol. The molecule has 1 aliphatic rings. The second-order valence-corrected chi connectivity index (χ2v) is 41.5. The van der Waals surface area contributed by atoms with E-state index in [-0.39, 0.29) is 59.9 Å². The van der Waals surface area contributed by atoms with Crippen molar-refractivity contribution in [2.45, 2.75) is 205 Å². The van der Waals surface area contributed by atoms with Gasteiger partial charge in [0.05, 0.1) is 32.3 Å². The van der Waals surface area contributed by atoms with Crippen LogP contribution in [0.4, 0.5) is 19.2 Å². The van der Waals surface area contributed by atoms with Crippen molar-refractivity contribution in [3.8, 4) is 0 Å². The lowest BCUT2D eigenvalue weighted by molar-refractivity contribution is -0.149. The van der Waals surface area contributed by atoms with Crippen LogP contribution in [0.2, 0.25) is 0 Å². The first kappa shape index (κ1) is 126. The highest BCUT2D eigenvalue weighted by molar-refractivity contribution is 8.76. The minimum atomic E-state index is -1.47. The molecule has 1 aliphatic heterocycles. The molecule has 0 spiro atoms. The van der Waals surface area contributed by atoms with Gasteiger partial charge in [0.1, 0.15) is 95.9 Å². The quantitative estimate of drug-likeness (QED) is 0.0197. The summed E-state index contributed by atoms with van der Waals surface area (Å²) >= 11 is 5.15. The molecule has 0 bridgehead atoms. The van der Waals surface area contributed by atoms with Gasteiger partial charge in [-0.15, -0.1) is 0 Å². The molecule has 0 aromatic rings. The fraction of sp³-hybridized carbons (Fsp3) is 0.759. The highest BCUT2D eigenvalue weighted by atomic mass is 33.1. The van der Waals surface area contributed by atoms with Crippen LogP contribution in [0.15, 0.2) is 0 Å². The number of esters is 1. The van der Waals surface area contributed by atoms with Crippen LogP contribution in [0.3, 0.4) is 0 Å². The monoisotopic (exact) mass is 2030 g/mol. The van der Waals surface area contributed by atoms with Crippen LogP contribution in [0, 0.1) is 0 Å². The highest BCUT2D eigenvalue weighted by Gasteiger charge is 2.43. The number of carbonyl (C=O) groups excluding carboxylic acids is 19. The Balaban J connectivity index is 0.00000266. The van der Waals surface area contributed by atoms with Crippen molar-refractivity contribution in [3.63, 3.8) is 0 Å². The maximum atomic E-state index is 14.6. The van der Waals surface area contributed by atoms with Crippen LogP contribution >= 0.6 is 68.6 Å². The topological polar surface area (TPSA) is 560 Å². The van der Waals surface area contributed by atoms with Gasteiger partial charge in [-0.05, 0) is 135 Å². The first-order valence-electron chi connectivity index (χ1n) is 42.9. The second-order valence-electron chi connectivity index (χ2n) is 35.3. The Labute approximate surface area is 817 Å². The van der Waals surface area contributed by atoms with Crippen molar-refractivity contribution >= 4 is 188 Å². The number of carbonyl (C=O) groups is 20. The Morgan fingerprint density at radius 2 is 0.874 bits per heavy atom. The molecule has 135 heavy (non-hydrogen) atoms. The second kappa shape index (κ2) is 60.4. The zero-order valence-corrected chi connectivity index (χ0v) is 88.7. The number of amides is 18. The summed E-state index contributed by atoms with van der Waals surface area (Å²) in [7, 11) is 20.8. The van der Waals surface area contributed by atoms with E-state index in [2.05, 4.69) is 57.9 Å². The van der Waals surface area contributed by atoms with Crippen molar-refractivity contribution in [2.24, 2.45) is 0 Å². The molecule has 46 nitrogen and oxygen atoms in total. The Morgan fingerprint density at radius 1 is 0.481 bits per heavy atom. The van der Waals surface area contributed by atoms with Gasteiger partial charge in [0, 0.05) is 131 Å². The van der Waals surface area contributed by atoms with E-state index in [1.54, 1.807) is 129 Å². The third kappa shape index (κ3) is 45.2. The molecular weight excluding hydrogens is 1890 g/mol. The molecule has 772 valence electrons. The van der Waals surface area contributed by atoms with Gasteiger partial charge < -0.3 is 131 Å². The Bertz CT molecular complexity index is 4010. The number of nitrogens with zero attached hydrogens (tertiary/aromatic N) is 10. The van der Waals surface area contributed by atoms with Gasteiger partial charge >= 0.3 is 36.3 Å². The summed E-state index contributed by atoms with van der Waals surface area (Å²) in [5.74, 6) is -10.6. The zero-order chi connectivity index (χ0) is 104. The number of hydrogen-bond donors (Lipinski definition) is 11. The molecule has 18 amide bonds. The van der Waals surface area contributed by atoms with Gasteiger partial charge in [-0.25, -0.2) is 19.2 Å². The Kier molecular flexibility index (Phi) is 56.2. The van der Waals surface area contributed by atoms with Crippen LogP contribution in [0.25, 0.3) is 0 Å². The zero-order valence-electron chi connectivity index (χ0n) is 83.8. The fourth-order valence-electron chi connectivity index (χ4n) is 12.4. The summed E-state index contributed by atoms with van der Waals surface area (Å²) in [6.07, 6.45) is 3.65. The number of carboxylic acid groups (broad SMARTS) is 1. The predicted octanol–water partition coefficient (Wildman–Crippen LogP) is -1.09. The molecule has 0 unspecified atom stereocenters. The van der Waals surface area contributed by atoms with Crippen LogP contribution in [-0.4, -0.2) is 472 Å². The van der Waals surface area contributed by atoms with Crippen molar-refractivity contribution in [1.29, 1.82) is 0 Å². The van der Waals surface area contributed by atoms with E-state index >= 15 is 0 Å². The average Bonchev–Trinajstić information content (AvgIpc) is 0.747. The molecule has 1 rings (SSSR count). The normalized spacial score (nSPS) is 17.3. The lowest BCUT2D eigenvalue weighted by atomic mass is 10.1. The van der Waals surface area contributed by atoms with Gasteiger partial charge in [0.15, 0.2) is 0 Å². The Morgan fingerprint density at radius 3 is 1.24 bits per heavy atom. The molecule has 0 radical (unpaired) electrons. The standard InChI is InChI=1S/C43H78N10O13S2.C40H70N10O13S4/c1-18-26(44-9)36(58)52(13)30(24-67-16)37(59)49(10)22-27(47-40(62)65-42(3,4)5)34(56)45-20-32(54)51(12)29(19-2)39(61)53(14)31(25-68-17)38(60)50(11)23-28(35(57)46-21-33(55)64-15)48-41(63)66-43(6,7)8;1-39(2,3)62-37(60)44-23-17-46(8)34(57)26(20-64-13)49(11)33(56)25(41-7)19-66-67-22-28(48(10)29(51)15-42-31(23)54)36(59)50(12)27(21-65-14)35(58)47(9)18-24(32(55)43-16-30(52)53)45-38(61)63-40(4,5)6/h26-31,44H,18-25H2,1-17H3,(H,45,56)(H,46,57)(H,47,62)(H,48,63);23-28,41H,15-22H2,1-14H3,(H,42,54)(H,43,55)(H,44,60)(H,45,61)(H,52,53)/t26-,27+,28+,29-,30-,31-;23-,24+,25+,26+,27+,28+/m01/s1. The third-order valence-electron chi connectivity index (χ3n) is 19.9. The lowest BCUT2D eigenvalue weighted by Crippen LogP contribution is -2.60. The maximum Gasteiger partial charge on any atom is 0.408 e. The summed E-state index contributed by atoms with van der Waals surface area (Å²) in [5, 5.41) is 34.3. The largest absolute Gasteiger partial charge is 0.480 e. The van der Waals surface area contributed by atoms with Gasteiger partial charge in [0.2, 0.25) is 82.7 Å². The fourth-order valence-corrected chi connectivity index (χ4v) is 17.7. The summed E-state index contributed by atoms with van der Waals surface area (Å²) in [4.78, 5) is 279. The molecule has 1 saturated heterocycles. The summed E-state index contributed by atoms with van der Waals surface area (Å²) in [5.41, 5.74) is -3.78. The molecule has 0 saturated carbocycles. The van der Waals surface area contributed by atoms with E-state index in [9.17, 15) is 95.9 Å². The SMILES string of the molecule is CC[C@H](NC)C(=O)N(C)[C@@H](CSC)C(=O)N(C)C[C@@H](NC(=O)OC(C)(C)C)C(=O)NCC(=O)N(C)[C@@H](CC)C(=O)N(C)[C@@H](CSC)C(=O)N(C)C[C@@H](NC(=O)OC(C)(C)C)C(=O)NCC(=O)OC.CN[C@H]1CSSC[C@@H](C(=O)N(C)[C@@H](CSC)C(=O)N(C)C[C@H](NC(=O)OC(C)(C)C)C(=O)NCC(=O)O)N(C)C(=O)CNC(=O)[C@H](NC(=O)OC(C)(C)C)CN(C)C(=O)[C@H](CSC)N(C)C1=O. The molecule has 0 aliphatic carbocycles. The number of methoxy groups -OCH3 is 1. The third-order valence-corrected chi connectivity index (χ3v) is 24.9. The molecule has 52 heteroatoms. The number of alkyl carbamates (subject to hydrolysis) is 4. The van der Waals surface area contributed by atoms with E-state index < -0.39 is 247 Å². The lowest BCUT2D eigenvalue weighted by Gasteiger charge is -2.36. The molecule has 1 heterocycles. The van der Waals surface area contributed by atoms with E-state index in [0.717, 1.165) is 31.6 Å². The molecule has 11 N–H and O–H groups in total. The summed E-state index contributed by atoms with van der Waals surface area (Å²) in [6, 6.07) is -13.6. The minimum absolute atomic E-state index is 0.0448. The van der Waals surface area contributed by atoms with Crippen LogP contribution in [0.5, 0.6) is 0 Å². The molecule has 12 atom stereocenters. The van der Waals surface area contributed by atoms with E-state index in [1.807, 2.05) is 6.92 Å². The average molecular weight is 2030 g/mol. The van der Waals surface area contributed by atoms with Gasteiger partial charge in [-0.3, -0.25) is 76.7 Å². The summed E-state index contributed by atoms with van der Waals surface area (Å²) in [6.45, 7) is 18.7. The van der Waals surface area contributed by atoms with Crippen molar-refractivity contribution in [1.82, 2.24) is 102 Å². The first-order valence-corrected chi connectivity index (χ1v) is 51.0. The van der Waals surface area contributed by atoms with Gasteiger partial charge in [-0.1, -0.05) is 35.4 Å². The van der Waals surface area contributed by atoms with Gasteiger partial charge in [0.25, 0.3) is 0 Å². The number of carboxylic acids is 1. The smallest absolute Gasteiger partial charge is 0.408 e. The number of nitrogens with one attached hydrogen (secondary N) is 10. The van der Waals surface area contributed by atoms with Crippen molar-refractivity contribution in [3.05, 3.63) is 0 Å². The maximum absolute atomic E-state index is 14.6. The number of rotatable bonds is 41. The highest BCUT2D eigenvalue weighted by Crippen LogP contribution is 2.28. The Hall–Kier alpha value is -9.38. The number of likely N-dealkylation sites (N-methyl/N-ethyl adjacent to an activating group) is 12. The van der Waals surface area contributed by atoms with Crippen LogP contribution < -0.4 is 53.2 Å². The van der Waals surface area contributed by atoms with E-state index in [4.69, 9.17) is 24.1 Å². The number of thioether (sulfide) groups is 4. The number of ether oxygens (including phenoxy) is 5. The molecule has 0 aromatic carbocycles. The molecule has 1 fully saturated rings.